The third-order valence-corrected chi connectivity index (χ3v) is 11.2. The lowest BCUT2D eigenvalue weighted by molar-refractivity contribution is -0.155. The summed E-state index contributed by atoms with van der Waals surface area (Å²) in [6.45, 7) is 10.0. The number of fused-ring (bicyclic) bond motifs is 6. The van der Waals surface area contributed by atoms with E-state index in [9.17, 15) is 19.5 Å². The number of aliphatic hydroxyl groups is 1. The van der Waals surface area contributed by atoms with Gasteiger partial charge in [-0.1, -0.05) is 19.9 Å². The van der Waals surface area contributed by atoms with E-state index in [1.807, 2.05) is 18.4 Å². The first-order valence-corrected chi connectivity index (χ1v) is 18.9. The summed E-state index contributed by atoms with van der Waals surface area (Å²) in [6.07, 6.45) is 2.87. The standard InChI is InChI=1S/C38H47N7O6S.3H2S/c1-6-44-31-12-11-23-15-26(31)27(34(44)25-9-7-13-39-33(25)22(2)50-5)17-38(3,4)21-51-36(48)28-10-8-14-45(42-28)35(47)29(16-32-40-30(23)20-52-32)41-37(49)43-18-24(46)19-43;;;/h7,9,11-13,15,20,22,24,28-29,42,46H,6,8,10,14,16-19,21H2,1-5H3,(H,41,49);3*1H2/t22-,28-,29-;;;/m0.../s1. The first-order valence-electron chi connectivity index (χ1n) is 18.0. The highest BCUT2D eigenvalue weighted by Crippen LogP contribution is 2.42. The predicted molar refractivity (Wildman–Crippen MR) is 228 cm³/mol. The molecule has 6 bridgehead atoms. The number of aryl methyl sites for hydroxylation is 1. The quantitative estimate of drug-likeness (QED) is 0.241. The molecule has 0 saturated carbocycles. The number of aliphatic hydroxyl groups excluding tert-OH is 1. The highest BCUT2D eigenvalue weighted by molar-refractivity contribution is 7.59. The van der Waals surface area contributed by atoms with Crippen LogP contribution < -0.4 is 10.7 Å². The molecule has 2 fully saturated rings. The molecule has 2 saturated heterocycles. The number of rotatable bonds is 5. The Morgan fingerprint density at radius 2 is 1.96 bits per heavy atom. The number of carbonyl (C=O) groups excluding carboxylic acids is 3. The molecule has 3 aliphatic rings. The van der Waals surface area contributed by atoms with Crippen LogP contribution in [0.3, 0.4) is 0 Å². The Morgan fingerprint density at radius 3 is 2.67 bits per heavy atom. The number of esters is 1. The Morgan fingerprint density at radius 1 is 1.20 bits per heavy atom. The van der Waals surface area contributed by atoms with Crippen molar-refractivity contribution in [3.05, 3.63) is 58.2 Å². The number of urea groups is 1. The van der Waals surface area contributed by atoms with Gasteiger partial charge in [-0.3, -0.25) is 19.6 Å². The van der Waals surface area contributed by atoms with Crippen molar-refractivity contribution in [1.29, 1.82) is 0 Å². The molecular weight excluding hydrogens is 779 g/mol. The summed E-state index contributed by atoms with van der Waals surface area (Å²) >= 11 is 1.44. The van der Waals surface area contributed by atoms with E-state index in [-0.39, 0.29) is 78.6 Å². The van der Waals surface area contributed by atoms with E-state index in [4.69, 9.17) is 19.4 Å². The van der Waals surface area contributed by atoms with Crippen LogP contribution in [0.4, 0.5) is 4.79 Å². The third kappa shape index (κ3) is 9.13. The van der Waals surface area contributed by atoms with Gasteiger partial charge in [0, 0.05) is 65.6 Å². The van der Waals surface area contributed by atoms with Crippen molar-refractivity contribution in [2.45, 2.75) is 84.2 Å². The molecule has 300 valence electrons. The Hall–Kier alpha value is -3.32. The van der Waals surface area contributed by atoms with Crippen molar-refractivity contribution in [3.8, 4) is 22.5 Å². The number of hydrogen-bond acceptors (Lipinski definition) is 10. The van der Waals surface area contributed by atoms with Gasteiger partial charge < -0.3 is 29.4 Å². The maximum Gasteiger partial charge on any atom is 0.324 e. The van der Waals surface area contributed by atoms with Gasteiger partial charge in [-0.05, 0) is 62.9 Å². The molecule has 3 aromatic heterocycles. The third-order valence-electron chi connectivity index (χ3n) is 10.3. The van der Waals surface area contributed by atoms with Gasteiger partial charge in [0.15, 0.2) is 0 Å². The van der Waals surface area contributed by atoms with Gasteiger partial charge in [0.1, 0.15) is 12.1 Å². The molecule has 7 rings (SSSR count). The second-order valence-electron chi connectivity index (χ2n) is 14.8. The molecule has 0 radical (unpaired) electrons. The Kier molecular flexibility index (Phi) is 14.8. The van der Waals surface area contributed by atoms with E-state index in [2.05, 4.69) is 60.3 Å². The zero-order valence-electron chi connectivity index (χ0n) is 31.8. The normalized spacial score (nSPS) is 20.5. The summed E-state index contributed by atoms with van der Waals surface area (Å²) in [7, 11) is 1.69. The molecule has 0 aliphatic carbocycles. The molecule has 0 spiro atoms. The van der Waals surface area contributed by atoms with Crippen molar-refractivity contribution in [2.75, 3.05) is 33.4 Å². The van der Waals surface area contributed by atoms with Crippen LogP contribution in [0, 0.1) is 5.41 Å². The van der Waals surface area contributed by atoms with Crippen LogP contribution in [0.1, 0.15) is 62.9 Å². The van der Waals surface area contributed by atoms with Gasteiger partial charge in [-0.15, -0.1) is 11.3 Å². The number of hydrazine groups is 1. The number of pyridine rings is 1. The van der Waals surface area contributed by atoms with Crippen LogP contribution >= 0.6 is 51.8 Å². The second-order valence-corrected chi connectivity index (χ2v) is 15.7. The van der Waals surface area contributed by atoms with Crippen LogP contribution in [0.2, 0.25) is 0 Å². The summed E-state index contributed by atoms with van der Waals surface area (Å²) in [5.41, 5.74) is 9.45. The summed E-state index contributed by atoms with van der Waals surface area (Å²) in [6, 6.07) is 8.36. The SMILES string of the molecule is CCn1c(-c2cccnc2[C@H](C)OC)c2c3cc(ccc31)-c1csc(n1)C[C@H](NC(=O)N1CC(O)C1)C(=O)N1CCC[C@H](N1)C(=O)OCC(C)(C)C2.S.S.S. The number of nitrogens with one attached hydrogen (secondary N) is 2. The molecule has 3 atom stereocenters. The number of benzene rings is 1. The van der Waals surface area contributed by atoms with E-state index in [0.29, 0.717) is 30.8 Å². The fourth-order valence-corrected chi connectivity index (χ4v) is 8.28. The largest absolute Gasteiger partial charge is 0.464 e. The van der Waals surface area contributed by atoms with Gasteiger partial charge >= 0.3 is 12.0 Å². The summed E-state index contributed by atoms with van der Waals surface area (Å²) < 4.78 is 14.1. The predicted octanol–water partition coefficient (Wildman–Crippen LogP) is 4.81. The molecular formula is C38H53N7O6S4. The number of hydrogen-bond donors (Lipinski definition) is 3. The molecule has 55 heavy (non-hydrogen) atoms. The molecule has 3 aliphatic heterocycles. The number of thiazole rings is 1. The van der Waals surface area contributed by atoms with Crippen molar-refractivity contribution in [2.24, 2.45) is 5.41 Å². The molecule has 13 nitrogen and oxygen atoms in total. The van der Waals surface area contributed by atoms with Crippen molar-refractivity contribution >= 4 is 80.6 Å². The number of likely N-dealkylation sites (tertiary alicyclic amines) is 1. The monoisotopic (exact) mass is 831 g/mol. The minimum Gasteiger partial charge on any atom is -0.464 e. The number of nitrogens with zero attached hydrogens (tertiary/aromatic N) is 5. The Labute approximate surface area is 346 Å². The highest BCUT2D eigenvalue weighted by Gasteiger charge is 2.37. The smallest absolute Gasteiger partial charge is 0.324 e. The van der Waals surface area contributed by atoms with Gasteiger partial charge in [-0.2, -0.15) is 40.5 Å². The van der Waals surface area contributed by atoms with Crippen molar-refractivity contribution in [1.82, 2.24) is 35.2 Å². The average Bonchev–Trinajstić information content (AvgIpc) is 3.72. The van der Waals surface area contributed by atoms with Gasteiger partial charge in [0.2, 0.25) is 0 Å². The fourth-order valence-electron chi connectivity index (χ4n) is 7.43. The minimum absolute atomic E-state index is 0. The number of β-amino-alcohol motifs (C(OH)–C–C–N with tert-alkyl or cyclic N) is 1. The topological polar surface area (TPSA) is 151 Å². The van der Waals surface area contributed by atoms with Crippen molar-refractivity contribution < 1.29 is 29.0 Å². The van der Waals surface area contributed by atoms with Gasteiger partial charge in [-0.25, -0.2) is 15.2 Å². The first-order chi connectivity index (χ1) is 25.0. The van der Waals surface area contributed by atoms with Crippen LogP contribution in [0.5, 0.6) is 0 Å². The van der Waals surface area contributed by atoms with E-state index in [1.54, 1.807) is 13.3 Å². The van der Waals surface area contributed by atoms with Crippen LogP contribution in [0.25, 0.3) is 33.4 Å². The average molecular weight is 832 g/mol. The second kappa shape index (κ2) is 18.3. The van der Waals surface area contributed by atoms with Crippen molar-refractivity contribution in [3.63, 3.8) is 0 Å². The number of ether oxygens (including phenoxy) is 2. The molecule has 4 aromatic rings. The Balaban J connectivity index is 0.00000224. The molecule has 1 aromatic carbocycles. The molecule has 3 amide bonds. The van der Waals surface area contributed by atoms with E-state index in [0.717, 1.165) is 51.2 Å². The van der Waals surface area contributed by atoms with E-state index >= 15 is 0 Å². The molecule has 3 N–H and O–H groups in total. The van der Waals surface area contributed by atoms with Crippen LogP contribution in [-0.2, 0) is 38.4 Å². The van der Waals surface area contributed by atoms with E-state index < -0.39 is 35.6 Å². The number of carbonyl (C=O) groups is 3. The zero-order valence-corrected chi connectivity index (χ0v) is 35.7. The maximum absolute atomic E-state index is 14.0. The van der Waals surface area contributed by atoms with Crippen LogP contribution in [-0.4, -0.2) is 99.0 Å². The highest BCUT2D eigenvalue weighted by atomic mass is 32.1. The fraction of sp³-hybridized carbons (Fsp3) is 0.500. The molecule has 6 heterocycles. The number of amides is 3. The summed E-state index contributed by atoms with van der Waals surface area (Å²) in [5.74, 6) is -0.782. The summed E-state index contributed by atoms with van der Waals surface area (Å²) in [4.78, 5) is 51.9. The number of methoxy groups -OCH3 is 1. The van der Waals surface area contributed by atoms with Gasteiger partial charge in [0.05, 0.1) is 54.0 Å². The minimum atomic E-state index is -0.942. The zero-order chi connectivity index (χ0) is 36.7. The molecule has 17 heteroatoms. The Bertz CT molecular complexity index is 2000. The summed E-state index contributed by atoms with van der Waals surface area (Å²) in [5, 5.41) is 17.8. The first kappa shape index (κ1) is 44.4. The number of cyclic esters (lactones) is 1. The lowest BCUT2D eigenvalue weighted by Crippen LogP contribution is -2.63. The van der Waals surface area contributed by atoms with Gasteiger partial charge in [0.25, 0.3) is 5.91 Å². The van der Waals surface area contributed by atoms with Crippen LogP contribution in [0.15, 0.2) is 41.9 Å². The lowest BCUT2D eigenvalue weighted by atomic mass is 9.84. The van der Waals surface area contributed by atoms with E-state index in [1.165, 1.54) is 21.2 Å². The molecule has 0 unspecified atom stereocenters. The lowest BCUT2D eigenvalue weighted by Gasteiger charge is -2.38. The maximum atomic E-state index is 14.0. The number of aromatic nitrogens is 3.